The first-order valence-corrected chi connectivity index (χ1v) is 10.00. The van der Waals surface area contributed by atoms with Crippen LogP contribution in [0.2, 0.25) is 0 Å². The van der Waals surface area contributed by atoms with E-state index in [1.165, 1.54) is 6.07 Å². The molecule has 0 aliphatic rings. The zero-order valence-corrected chi connectivity index (χ0v) is 15.6. The van der Waals surface area contributed by atoms with Crippen molar-refractivity contribution in [1.29, 1.82) is 0 Å². The maximum atomic E-state index is 13.9. The van der Waals surface area contributed by atoms with Crippen LogP contribution in [0, 0.1) is 9.39 Å². The minimum absolute atomic E-state index is 0.108. The van der Waals surface area contributed by atoms with Gasteiger partial charge in [0.25, 0.3) is 0 Å². The van der Waals surface area contributed by atoms with Crippen LogP contribution in [0.1, 0.15) is 25.2 Å². The third-order valence-corrected chi connectivity index (χ3v) is 5.21. The third kappa shape index (κ3) is 3.96. The van der Waals surface area contributed by atoms with E-state index in [4.69, 9.17) is 11.6 Å². The Morgan fingerprint density at radius 3 is 2.86 bits per heavy atom. The van der Waals surface area contributed by atoms with Crippen LogP contribution in [0.3, 0.4) is 0 Å². The van der Waals surface area contributed by atoms with Crippen molar-refractivity contribution >= 4 is 56.0 Å². The summed E-state index contributed by atoms with van der Waals surface area (Å²) in [4.78, 5) is 4.58. The molecule has 1 aromatic heterocycles. The second kappa shape index (κ2) is 7.37. The lowest BCUT2D eigenvalue weighted by Gasteiger charge is -2.17. The summed E-state index contributed by atoms with van der Waals surface area (Å²) in [6.07, 6.45) is 3.09. The summed E-state index contributed by atoms with van der Waals surface area (Å²) in [5, 5.41) is 0. The largest absolute Gasteiger partial charge is 0.325 e. The SMILES string of the molecule is CC(CCS(C)=O)n1c(CCCl)nc2cc(I)c(F)cc21. The van der Waals surface area contributed by atoms with Crippen molar-refractivity contribution in [2.45, 2.75) is 25.8 Å². The molecule has 7 heteroatoms. The number of rotatable bonds is 6. The average molecular weight is 443 g/mol. The molecule has 0 spiro atoms. The fourth-order valence-electron chi connectivity index (χ4n) is 2.36. The molecule has 2 atom stereocenters. The molecular formula is C14H17ClFIN2OS. The molecular weight excluding hydrogens is 426 g/mol. The van der Waals surface area contributed by atoms with Crippen molar-refractivity contribution in [2.24, 2.45) is 0 Å². The number of aromatic nitrogens is 2. The van der Waals surface area contributed by atoms with Crippen LogP contribution in [0.25, 0.3) is 11.0 Å². The molecule has 0 fully saturated rings. The van der Waals surface area contributed by atoms with Crippen LogP contribution in [-0.4, -0.2) is 31.6 Å². The molecule has 1 heterocycles. The molecule has 0 saturated heterocycles. The van der Waals surface area contributed by atoms with Gasteiger partial charge in [0.15, 0.2) is 0 Å². The highest BCUT2D eigenvalue weighted by Gasteiger charge is 2.17. The zero-order chi connectivity index (χ0) is 15.6. The van der Waals surface area contributed by atoms with Crippen LogP contribution < -0.4 is 0 Å². The molecule has 3 nitrogen and oxygen atoms in total. The lowest BCUT2D eigenvalue weighted by atomic mass is 10.2. The van der Waals surface area contributed by atoms with Crippen molar-refractivity contribution < 1.29 is 8.60 Å². The Morgan fingerprint density at radius 1 is 1.52 bits per heavy atom. The summed E-state index contributed by atoms with van der Waals surface area (Å²) in [6.45, 7) is 2.04. The second-order valence-corrected chi connectivity index (χ2v) is 8.10. The summed E-state index contributed by atoms with van der Waals surface area (Å²) in [6, 6.07) is 3.39. The first kappa shape index (κ1) is 17.1. The first-order valence-electron chi connectivity index (χ1n) is 6.66. The van der Waals surface area contributed by atoms with Gasteiger partial charge in [0.2, 0.25) is 0 Å². The van der Waals surface area contributed by atoms with Gasteiger partial charge in [0, 0.05) is 47.2 Å². The molecule has 0 aliphatic heterocycles. The van der Waals surface area contributed by atoms with Crippen molar-refractivity contribution in [3.63, 3.8) is 0 Å². The fraction of sp³-hybridized carbons (Fsp3) is 0.500. The molecule has 0 saturated carbocycles. The van der Waals surface area contributed by atoms with Gasteiger partial charge in [-0.2, -0.15) is 0 Å². The Hall–Kier alpha value is -0.210. The van der Waals surface area contributed by atoms with Crippen LogP contribution in [-0.2, 0) is 17.2 Å². The summed E-state index contributed by atoms with van der Waals surface area (Å²) < 4.78 is 27.8. The highest BCUT2D eigenvalue weighted by atomic mass is 127. The van der Waals surface area contributed by atoms with Crippen molar-refractivity contribution in [3.05, 3.63) is 27.3 Å². The lowest BCUT2D eigenvalue weighted by Crippen LogP contribution is -2.12. The van der Waals surface area contributed by atoms with E-state index in [-0.39, 0.29) is 11.9 Å². The lowest BCUT2D eigenvalue weighted by molar-refractivity contribution is 0.524. The third-order valence-electron chi connectivity index (χ3n) is 3.39. The number of nitrogens with zero attached hydrogens (tertiary/aromatic N) is 2. The van der Waals surface area contributed by atoms with E-state index in [9.17, 15) is 8.60 Å². The summed E-state index contributed by atoms with van der Waals surface area (Å²) in [5.74, 6) is 1.70. The number of halogens is 3. The molecule has 21 heavy (non-hydrogen) atoms. The molecule has 2 unspecified atom stereocenters. The van der Waals surface area contributed by atoms with E-state index in [0.29, 0.717) is 21.6 Å². The van der Waals surface area contributed by atoms with Gasteiger partial charge in [-0.25, -0.2) is 9.37 Å². The number of hydrogen-bond acceptors (Lipinski definition) is 2. The van der Waals surface area contributed by atoms with Gasteiger partial charge in [-0.1, -0.05) is 0 Å². The van der Waals surface area contributed by atoms with Gasteiger partial charge >= 0.3 is 0 Å². The van der Waals surface area contributed by atoms with Gasteiger partial charge < -0.3 is 4.57 Å². The van der Waals surface area contributed by atoms with E-state index in [0.717, 1.165) is 23.3 Å². The predicted octanol–water partition coefficient (Wildman–Crippen LogP) is 3.89. The van der Waals surface area contributed by atoms with Gasteiger partial charge in [0.1, 0.15) is 11.6 Å². The first-order chi connectivity index (χ1) is 9.93. The predicted molar refractivity (Wildman–Crippen MR) is 95.1 cm³/mol. The van der Waals surface area contributed by atoms with E-state index in [1.54, 1.807) is 12.3 Å². The Labute approximate surface area is 144 Å². The fourth-order valence-corrected chi connectivity index (χ4v) is 3.65. The minimum atomic E-state index is -0.835. The highest BCUT2D eigenvalue weighted by Crippen LogP contribution is 2.27. The van der Waals surface area contributed by atoms with E-state index < -0.39 is 10.8 Å². The van der Waals surface area contributed by atoms with Crippen molar-refractivity contribution in [3.8, 4) is 0 Å². The monoisotopic (exact) mass is 442 g/mol. The van der Waals surface area contributed by atoms with Crippen LogP contribution >= 0.6 is 34.2 Å². The molecule has 0 radical (unpaired) electrons. The molecule has 116 valence electrons. The standard InChI is InChI=1S/C14H17ClFIN2OS/c1-9(4-6-21(2)20)19-13-7-10(16)11(17)8-12(13)18-14(19)3-5-15/h7-9H,3-6H2,1-2H3. The Morgan fingerprint density at radius 2 is 2.24 bits per heavy atom. The van der Waals surface area contributed by atoms with Crippen LogP contribution in [0.15, 0.2) is 12.1 Å². The molecule has 0 N–H and O–H groups in total. The number of alkyl halides is 1. The van der Waals surface area contributed by atoms with Crippen LogP contribution in [0.5, 0.6) is 0 Å². The van der Waals surface area contributed by atoms with Gasteiger partial charge in [-0.05, 0) is 42.0 Å². The Bertz CT molecular complexity index is 677. The molecule has 0 aliphatic carbocycles. The number of aryl methyl sites for hydroxylation is 1. The number of imidazole rings is 1. The molecule has 2 aromatic rings. The maximum absolute atomic E-state index is 13.9. The zero-order valence-electron chi connectivity index (χ0n) is 11.9. The number of benzene rings is 1. The topological polar surface area (TPSA) is 34.9 Å². The summed E-state index contributed by atoms with van der Waals surface area (Å²) in [5.41, 5.74) is 1.56. The molecule has 0 bridgehead atoms. The minimum Gasteiger partial charge on any atom is -0.325 e. The Balaban J connectivity index is 2.49. The molecule has 0 amide bonds. The average Bonchev–Trinajstić information content (AvgIpc) is 2.74. The highest BCUT2D eigenvalue weighted by molar-refractivity contribution is 14.1. The molecule has 1 aromatic carbocycles. The van der Waals surface area contributed by atoms with Crippen molar-refractivity contribution in [1.82, 2.24) is 9.55 Å². The van der Waals surface area contributed by atoms with E-state index in [2.05, 4.69) is 4.98 Å². The quantitative estimate of drug-likeness (QED) is 0.502. The summed E-state index contributed by atoms with van der Waals surface area (Å²) >= 11 is 7.82. The summed E-state index contributed by atoms with van der Waals surface area (Å²) in [7, 11) is -0.835. The van der Waals surface area contributed by atoms with Crippen molar-refractivity contribution in [2.75, 3.05) is 17.9 Å². The van der Waals surface area contributed by atoms with Gasteiger partial charge in [0.05, 0.1) is 14.6 Å². The maximum Gasteiger partial charge on any atom is 0.138 e. The Kier molecular flexibility index (Phi) is 6.02. The smallest absolute Gasteiger partial charge is 0.138 e. The second-order valence-electron chi connectivity index (χ2n) is 5.01. The van der Waals surface area contributed by atoms with E-state index in [1.807, 2.05) is 34.1 Å². The molecule has 2 rings (SSSR count). The van der Waals surface area contributed by atoms with Gasteiger partial charge in [-0.3, -0.25) is 4.21 Å². The van der Waals surface area contributed by atoms with Crippen LogP contribution in [0.4, 0.5) is 4.39 Å². The van der Waals surface area contributed by atoms with E-state index >= 15 is 0 Å². The normalized spacial score (nSPS) is 14.5. The number of hydrogen-bond donors (Lipinski definition) is 0. The van der Waals surface area contributed by atoms with Gasteiger partial charge in [-0.15, -0.1) is 11.6 Å². The number of fused-ring (bicyclic) bond motifs is 1.